The molecule has 0 unspecified atom stereocenters. The van der Waals surface area contributed by atoms with Gasteiger partial charge in [-0.2, -0.15) is 4.98 Å². The highest BCUT2D eigenvalue weighted by Crippen LogP contribution is 2.15. The van der Waals surface area contributed by atoms with Gasteiger partial charge in [-0.25, -0.2) is 4.98 Å². The molecule has 0 aliphatic heterocycles. The predicted octanol–water partition coefficient (Wildman–Crippen LogP) is -0.286. The molecule has 112 valence electrons. The average molecular weight is 293 g/mol. The summed E-state index contributed by atoms with van der Waals surface area (Å²) in [5.41, 5.74) is 4.95. The molecule has 0 bridgehead atoms. The van der Waals surface area contributed by atoms with Gasteiger partial charge in [-0.05, 0) is 0 Å². The highest BCUT2D eigenvalue weighted by Gasteiger charge is 2.24. The van der Waals surface area contributed by atoms with E-state index in [0.29, 0.717) is 0 Å². The van der Waals surface area contributed by atoms with Gasteiger partial charge in [0.05, 0.1) is 7.11 Å². The van der Waals surface area contributed by atoms with Gasteiger partial charge in [-0.3, -0.25) is 23.9 Å². The van der Waals surface area contributed by atoms with Crippen molar-refractivity contribution in [3.05, 3.63) is 16.2 Å². The number of aromatic amines is 1. The third kappa shape index (κ3) is 2.62. The first-order valence-corrected chi connectivity index (χ1v) is 6.22. The lowest BCUT2D eigenvalue weighted by Crippen LogP contribution is -2.20. The summed E-state index contributed by atoms with van der Waals surface area (Å²) < 4.78 is 5.83. The second kappa shape index (κ2) is 5.35. The van der Waals surface area contributed by atoms with Gasteiger partial charge in [-0.1, -0.05) is 13.8 Å². The van der Waals surface area contributed by atoms with Gasteiger partial charge >= 0.3 is 5.97 Å². The van der Waals surface area contributed by atoms with Crippen LogP contribution in [0.25, 0.3) is 11.2 Å². The zero-order valence-electron chi connectivity index (χ0n) is 11.8. The molecule has 0 atom stereocenters. The van der Waals surface area contributed by atoms with E-state index in [2.05, 4.69) is 19.7 Å². The molecule has 0 saturated carbocycles. The van der Waals surface area contributed by atoms with Crippen molar-refractivity contribution in [1.82, 2.24) is 19.5 Å². The second-order valence-corrected chi connectivity index (χ2v) is 4.74. The number of H-pyrrole nitrogens is 1. The van der Waals surface area contributed by atoms with E-state index in [0.717, 1.165) is 0 Å². The Labute approximate surface area is 119 Å². The number of nitrogens with zero attached hydrogens (tertiary/aromatic N) is 3. The first-order chi connectivity index (χ1) is 9.85. The van der Waals surface area contributed by atoms with Gasteiger partial charge in [0, 0.05) is 5.92 Å². The lowest BCUT2D eigenvalue weighted by Gasteiger charge is -2.08. The number of nitrogens with one attached hydrogen (secondary N) is 1. The van der Waals surface area contributed by atoms with E-state index in [4.69, 9.17) is 5.73 Å². The number of ether oxygens (including phenoxy) is 1. The molecule has 0 fully saturated rings. The molecule has 2 aromatic heterocycles. The van der Waals surface area contributed by atoms with Gasteiger partial charge < -0.3 is 10.5 Å². The number of imidazole rings is 1. The third-order valence-corrected chi connectivity index (χ3v) is 2.88. The molecule has 21 heavy (non-hydrogen) atoms. The Balaban J connectivity index is 2.74. The van der Waals surface area contributed by atoms with E-state index < -0.39 is 11.5 Å². The fraction of sp³-hybridized carbons (Fsp3) is 0.417. The molecule has 2 rings (SSSR count). The van der Waals surface area contributed by atoms with Crippen LogP contribution in [0.1, 0.15) is 24.5 Å². The predicted molar refractivity (Wildman–Crippen MR) is 73.7 cm³/mol. The van der Waals surface area contributed by atoms with Crippen molar-refractivity contribution in [2.24, 2.45) is 5.92 Å². The van der Waals surface area contributed by atoms with Gasteiger partial charge in [-0.15, -0.1) is 0 Å². The number of carbonyl (C=O) groups excluding carboxylic acids is 2. The van der Waals surface area contributed by atoms with Crippen molar-refractivity contribution >= 4 is 28.9 Å². The Morgan fingerprint density at radius 2 is 2.05 bits per heavy atom. The molecule has 9 nitrogen and oxygen atoms in total. The minimum atomic E-state index is -0.590. The van der Waals surface area contributed by atoms with Gasteiger partial charge in [0.15, 0.2) is 17.0 Å². The molecular weight excluding hydrogens is 278 g/mol. The number of ketones is 1. The van der Waals surface area contributed by atoms with Crippen LogP contribution in [-0.2, 0) is 16.1 Å². The summed E-state index contributed by atoms with van der Waals surface area (Å²) >= 11 is 0. The topological polar surface area (TPSA) is 133 Å². The van der Waals surface area contributed by atoms with Crippen LogP contribution in [0.2, 0.25) is 0 Å². The SMILES string of the molecule is COC(=O)Cn1c(C(=O)C(C)C)nc2c(=O)[nH]c(N)nc21. The minimum Gasteiger partial charge on any atom is -0.468 e. The summed E-state index contributed by atoms with van der Waals surface area (Å²) in [4.78, 5) is 45.8. The Hall–Kier alpha value is -2.71. The lowest BCUT2D eigenvalue weighted by molar-refractivity contribution is -0.141. The molecule has 0 spiro atoms. The number of aromatic nitrogens is 4. The molecular formula is C12H15N5O4. The van der Waals surface area contributed by atoms with Gasteiger partial charge in [0.25, 0.3) is 5.56 Å². The van der Waals surface area contributed by atoms with E-state index in [1.165, 1.54) is 11.7 Å². The molecule has 9 heteroatoms. The fourth-order valence-electron chi connectivity index (χ4n) is 1.82. The van der Waals surface area contributed by atoms with Gasteiger partial charge in [0.2, 0.25) is 11.7 Å². The fourth-order valence-corrected chi connectivity index (χ4v) is 1.82. The van der Waals surface area contributed by atoms with E-state index in [1.54, 1.807) is 13.8 Å². The van der Waals surface area contributed by atoms with Crippen LogP contribution in [0.15, 0.2) is 4.79 Å². The maximum atomic E-state index is 12.2. The summed E-state index contributed by atoms with van der Waals surface area (Å²) in [6.45, 7) is 3.10. The highest BCUT2D eigenvalue weighted by atomic mass is 16.5. The second-order valence-electron chi connectivity index (χ2n) is 4.74. The molecule has 0 saturated heterocycles. The highest BCUT2D eigenvalue weighted by molar-refractivity contribution is 5.97. The maximum absolute atomic E-state index is 12.2. The lowest BCUT2D eigenvalue weighted by atomic mass is 10.1. The average Bonchev–Trinajstić information content (AvgIpc) is 2.76. The zero-order chi connectivity index (χ0) is 15.7. The Morgan fingerprint density at radius 1 is 1.38 bits per heavy atom. The van der Waals surface area contributed by atoms with Crippen molar-refractivity contribution in [2.75, 3.05) is 12.8 Å². The number of anilines is 1. The van der Waals surface area contributed by atoms with E-state index in [-0.39, 0.29) is 41.2 Å². The van der Waals surface area contributed by atoms with Crippen molar-refractivity contribution in [2.45, 2.75) is 20.4 Å². The van der Waals surface area contributed by atoms with E-state index >= 15 is 0 Å². The standard InChI is InChI=1S/C12H15N5O4/c1-5(2)8(19)10-14-7-9(15-12(13)16-11(7)20)17(10)4-6(18)21-3/h5H,4H2,1-3H3,(H3,13,15,16,20). The summed E-state index contributed by atoms with van der Waals surface area (Å²) in [6.07, 6.45) is 0. The number of fused-ring (bicyclic) bond motifs is 1. The Kier molecular flexibility index (Phi) is 3.74. The number of carbonyl (C=O) groups is 2. The van der Waals surface area contributed by atoms with Crippen LogP contribution >= 0.6 is 0 Å². The van der Waals surface area contributed by atoms with Crippen LogP contribution in [-0.4, -0.2) is 38.4 Å². The number of nitrogens with two attached hydrogens (primary N) is 1. The monoisotopic (exact) mass is 293 g/mol. The number of hydrogen-bond acceptors (Lipinski definition) is 7. The van der Waals surface area contributed by atoms with Crippen LogP contribution in [0.4, 0.5) is 5.95 Å². The van der Waals surface area contributed by atoms with Crippen molar-refractivity contribution in [1.29, 1.82) is 0 Å². The number of esters is 1. The molecule has 0 aliphatic rings. The quantitative estimate of drug-likeness (QED) is 0.584. The molecule has 0 aromatic carbocycles. The Morgan fingerprint density at radius 3 is 2.62 bits per heavy atom. The third-order valence-electron chi connectivity index (χ3n) is 2.88. The van der Waals surface area contributed by atoms with Gasteiger partial charge in [0.1, 0.15) is 6.54 Å². The van der Waals surface area contributed by atoms with Crippen molar-refractivity contribution in [3.63, 3.8) is 0 Å². The van der Waals surface area contributed by atoms with Crippen LogP contribution < -0.4 is 11.3 Å². The van der Waals surface area contributed by atoms with E-state index in [9.17, 15) is 14.4 Å². The molecule has 0 aliphatic carbocycles. The van der Waals surface area contributed by atoms with Crippen molar-refractivity contribution < 1.29 is 14.3 Å². The minimum absolute atomic E-state index is 0.0194. The van der Waals surface area contributed by atoms with Crippen molar-refractivity contribution in [3.8, 4) is 0 Å². The summed E-state index contributed by atoms with van der Waals surface area (Å²) in [5.74, 6) is -1.40. The Bertz CT molecular complexity index is 774. The number of methoxy groups -OCH3 is 1. The largest absolute Gasteiger partial charge is 0.468 e. The molecule has 0 radical (unpaired) electrons. The zero-order valence-corrected chi connectivity index (χ0v) is 11.8. The smallest absolute Gasteiger partial charge is 0.325 e. The van der Waals surface area contributed by atoms with Crippen LogP contribution in [0.5, 0.6) is 0 Å². The molecule has 3 N–H and O–H groups in total. The summed E-state index contributed by atoms with van der Waals surface area (Å²) in [5, 5.41) is 0. The summed E-state index contributed by atoms with van der Waals surface area (Å²) in [6, 6.07) is 0. The first kappa shape index (κ1) is 14.7. The maximum Gasteiger partial charge on any atom is 0.325 e. The van der Waals surface area contributed by atoms with Crippen LogP contribution in [0.3, 0.4) is 0 Å². The number of hydrogen-bond donors (Lipinski definition) is 2. The normalized spacial score (nSPS) is 11.0. The van der Waals surface area contributed by atoms with Crippen LogP contribution in [0, 0.1) is 5.92 Å². The number of rotatable bonds is 4. The number of nitrogen functional groups attached to an aromatic ring is 1. The first-order valence-electron chi connectivity index (χ1n) is 6.22. The number of Topliss-reactive ketones (excluding diaryl/α,β-unsaturated/α-hetero) is 1. The van der Waals surface area contributed by atoms with E-state index in [1.807, 2.05) is 0 Å². The molecule has 2 heterocycles. The molecule has 2 aromatic rings. The molecule has 0 amide bonds. The summed E-state index contributed by atoms with van der Waals surface area (Å²) in [7, 11) is 1.22.